The highest BCUT2D eigenvalue weighted by molar-refractivity contribution is 6.29. The molecule has 1 aromatic rings. The van der Waals surface area contributed by atoms with Crippen LogP contribution in [0.25, 0.3) is 0 Å². The summed E-state index contributed by atoms with van der Waals surface area (Å²) < 4.78 is 0. The van der Waals surface area contributed by atoms with E-state index in [9.17, 15) is 14.4 Å². The van der Waals surface area contributed by atoms with Gasteiger partial charge in [0, 0.05) is 12.1 Å². The lowest BCUT2D eigenvalue weighted by Gasteiger charge is -2.42. The van der Waals surface area contributed by atoms with Gasteiger partial charge in [-0.2, -0.15) is 0 Å². The summed E-state index contributed by atoms with van der Waals surface area (Å²) in [5, 5.41) is 8.46. The van der Waals surface area contributed by atoms with Crippen molar-refractivity contribution in [2.75, 3.05) is 0 Å². The lowest BCUT2D eigenvalue weighted by Crippen LogP contribution is -2.60. The molecule has 3 aliphatic rings. The van der Waals surface area contributed by atoms with Crippen molar-refractivity contribution in [1.82, 2.24) is 20.9 Å². The van der Waals surface area contributed by atoms with Crippen molar-refractivity contribution in [3.8, 4) is 0 Å². The fourth-order valence-electron chi connectivity index (χ4n) is 4.43. The van der Waals surface area contributed by atoms with E-state index in [2.05, 4.69) is 20.9 Å². The fourth-order valence-corrected chi connectivity index (χ4v) is 4.61. The molecule has 1 atom stereocenters. The van der Waals surface area contributed by atoms with Gasteiger partial charge in [0.25, 0.3) is 5.91 Å². The fraction of sp³-hybridized carbons (Fsp3) is 0.556. The molecule has 0 bridgehead atoms. The van der Waals surface area contributed by atoms with E-state index >= 15 is 0 Å². The van der Waals surface area contributed by atoms with Gasteiger partial charge in [0.05, 0.1) is 6.04 Å². The average Bonchev–Trinajstić information content (AvgIpc) is 3.18. The predicted octanol–water partition coefficient (Wildman–Crippen LogP) is 2.07. The number of aromatic nitrogens is 1. The predicted molar refractivity (Wildman–Crippen MR) is 94.2 cm³/mol. The molecule has 7 nitrogen and oxygen atoms in total. The molecule has 2 saturated carbocycles. The molecule has 1 saturated heterocycles. The minimum atomic E-state index is -0.901. The highest BCUT2D eigenvalue weighted by Crippen LogP contribution is 2.41. The van der Waals surface area contributed by atoms with Crippen LogP contribution in [0.1, 0.15) is 50.1 Å². The smallest absolute Gasteiger partial charge is 0.322 e. The monoisotopic (exact) mass is 376 g/mol. The van der Waals surface area contributed by atoms with Crippen molar-refractivity contribution in [3.05, 3.63) is 29.0 Å². The summed E-state index contributed by atoms with van der Waals surface area (Å²) in [6.07, 6.45) is 6.79. The topological polar surface area (TPSA) is 100 Å². The van der Waals surface area contributed by atoms with Gasteiger partial charge in [0.15, 0.2) is 0 Å². The Kier molecular flexibility index (Phi) is 4.34. The van der Waals surface area contributed by atoms with E-state index in [4.69, 9.17) is 11.6 Å². The zero-order valence-electron chi connectivity index (χ0n) is 14.3. The first-order valence-electron chi connectivity index (χ1n) is 9.02. The van der Waals surface area contributed by atoms with Crippen LogP contribution < -0.4 is 16.0 Å². The molecule has 2 aliphatic carbocycles. The third-order valence-corrected chi connectivity index (χ3v) is 6.06. The number of rotatable bonds is 4. The number of urea groups is 1. The Labute approximate surface area is 156 Å². The van der Waals surface area contributed by atoms with Gasteiger partial charge in [0.2, 0.25) is 5.91 Å². The first kappa shape index (κ1) is 17.3. The summed E-state index contributed by atoms with van der Waals surface area (Å²) in [6, 6.07) is 3.11. The summed E-state index contributed by atoms with van der Waals surface area (Å²) in [6.45, 7) is 0. The van der Waals surface area contributed by atoms with Crippen LogP contribution in [0.5, 0.6) is 0 Å². The highest BCUT2D eigenvalue weighted by Gasteiger charge is 2.57. The second kappa shape index (κ2) is 6.54. The van der Waals surface area contributed by atoms with Crippen molar-refractivity contribution in [2.24, 2.45) is 11.8 Å². The van der Waals surface area contributed by atoms with Gasteiger partial charge in [-0.3, -0.25) is 14.9 Å². The standard InChI is InChI=1S/C18H21ClN4O3/c19-13-7-11(5-6-20-13)14(10-3-1-2-4-10)21-15(24)12-8-18(9-12)16(25)22-17(26)23-18/h5-7,10,12,14H,1-4,8-9H2,(H,21,24)(H2,22,23,25,26). The molecule has 0 radical (unpaired) electrons. The molecule has 1 aliphatic heterocycles. The molecule has 26 heavy (non-hydrogen) atoms. The molecular formula is C18H21ClN4O3. The van der Waals surface area contributed by atoms with Gasteiger partial charge in [-0.25, -0.2) is 9.78 Å². The van der Waals surface area contributed by atoms with Crippen molar-refractivity contribution in [1.29, 1.82) is 0 Å². The van der Waals surface area contributed by atoms with Crippen LogP contribution in [0.4, 0.5) is 4.79 Å². The van der Waals surface area contributed by atoms with Crippen molar-refractivity contribution in [2.45, 2.75) is 50.1 Å². The minimum Gasteiger partial charge on any atom is -0.349 e. The molecule has 0 aromatic carbocycles. The molecular weight excluding hydrogens is 356 g/mol. The largest absolute Gasteiger partial charge is 0.349 e. The molecule has 4 amide bonds. The molecule has 1 aromatic heterocycles. The van der Waals surface area contributed by atoms with E-state index in [1.807, 2.05) is 6.07 Å². The Morgan fingerprint density at radius 2 is 2.04 bits per heavy atom. The number of nitrogens with one attached hydrogen (secondary N) is 3. The summed E-state index contributed by atoms with van der Waals surface area (Å²) >= 11 is 6.04. The van der Waals surface area contributed by atoms with Gasteiger partial charge < -0.3 is 10.6 Å². The SMILES string of the molecule is O=C1NC(=O)C2(CC(C(=O)NC(c3ccnc(Cl)c3)C3CCCC3)C2)N1. The Morgan fingerprint density at radius 3 is 2.65 bits per heavy atom. The van der Waals surface area contributed by atoms with Crippen LogP contribution in [-0.2, 0) is 9.59 Å². The first-order chi connectivity index (χ1) is 12.5. The maximum atomic E-state index is 12.8. The molecule has 1 unspecified atom stereocenters. The van der Waals surface area contributed by atoms with E-state index in [1.54, 1.807) is 12.3 Å². The molecule has 3 N–H and O–H groups in total. The van der Waals surface area contributed by atoms with Gasteiger partial charge in [0.1, 0.15) is 10.7 Å². The molecule has 4 rings (SSSR count). The molecule has 3 fully saturated rings. The first-order valence-corrected chi connectivity index (χ1v) is 9.40. The van der Waals surface area contributed by atoms with Crippen LogP contribution in [-0.4, -0.2) is 28.4 Å². The molecule has 138 valence electrons. The number of carbonyl (C=O) groups excluding carboxylic acids is 3. The zero-order valence-corrected chi connectivity index (χ0v) is 15.0. The number of hydrogen-bond acceptors (Lipinski definition) is 4. The highest BCUT2D eigenvalue weighted by atomic mass is 35.5. The van der Waals surface area contributed by atoms with E-state index in [1.165, 1.54) is 0 Å². The quantitative estimate of drug-likeness (QED) is 0.553. The minimum absolute atomic E-state index is 0.0746. The molecule has 1 spiro atoms. The maximum absolute atomic E-state index is 12.8. The zero-order chi connectivity index (χ0) is 18.3. The van der Waals surface area contributed by atoms with Crippen molar-refractivity contribution < 1.29 is 14.4 Å². The number of imide groups is 1. The van der Waals surface area contributed by atoms with Crippen molar-refractivity contribution >= 4 is 29.4 Å². The van der Waals surface area contributed by atoms with Crippen LogP contribution >= 0.6 is 11.6 Å². The molecule has 2 heterocycles. The Morgan fingerprint density at radius 1 is 1.31 bits per heavy atom. The van der Waals surface area contributed by atoms with E-state index in [0.717, 1.165) is 31.2 Å². The average molecular weight is 377 g/mol. The normalized spacial score (nSPS) is 29.2. The number of pyridine rings is 1. The second-order valence-corrected chi connectivity index (χ2v) is 7.93. The third-order valence-electron chi connectivity index (χ3n) is 5.85. The summed E-state index contributed by atoms with van der Waals surface area (Å²) in [4.78, 5) is 40.0. The van der Waals surface area contributed by atoms with Gasteiger partial charge in [-0.15, -0.1) is 0 Å². The van der Waals surface area contributed by atoms with Gasteiger partial charge in [-0.1, -0.05) is 24.4 Å². The van der Waals surface area contributed by atoms with Crippen molar-refractivity contribution in [3.63, 3.8) is 0 Å². The lowest BCUT2D eigenvalue weighted by atomic mass is 9.67. The van der Waals surface area contributed by atoms with Gasteiger partial charge >= 0.3 is 6.03 Å². The van der Waals surface area contributed by atoms with Crippen LogP contribution in [0.2, 0.25) is 5.15 Å². The summed E-state index contributed by atoms with van der Waals surface area (Å²) in [5.41, 5.74) is 0.0632. The van der Waals surface area contributed by atoms with E-state index < -0.39 is 11.6 Å². The van der Waals surface area contributed by atoms with E-state index in [0.29, 0.717) is 23.9 Å². The van der Waals surface area contributed by atoms with Gasteiger partial charge in [-0.05, 0) is 49.3 Å². The summed E-state index contributed by atoms with van der Waals surface area (Å²) in [7, 11) is 0. The lowest BCUT2D eigenvalue weighted by molar-refractivity contribution is -0.137. The van der Waals surface area contributed by atoms with Crippen LogP contribution in [0.15, 0.2) is 18.3 Å². The Bertz CT molecular complexity index is 757. The van der Waals surface area contributed by atoms with Crippen LogP contribution in [0.3, 0.4) is 0 Å². The summed E-state index contributed by atoms with van der Waals surface area (Å²) in [5.74, 6) is -0.310. The second-order valence-electron chi connectivity index (χ2n) is 7.54. The number of carbonyl (C=O) groups is 3. The Balaban J connectivity index is 1.45. The third kappa shape index (κ3) is 3.05. The number of amides is 4. The maximum Gasteiger partial charge on any atom is 0.322 e. The van der Waals surface area contributed by atoms with E-state index in [-0.39, 0.29) is 23.8 Å². The number of halogens is 1. The molecule has 8 heteroatoms. The number of hydrogen-bond donors (Lipinski definition) is 3. The Hall–Kier alpha value is -2.15. The van der Waals surface area contributed by atoms with Crippen LogP contribution in [0, 0.1) is 11.8 Å². The number of nitrogens with zero attached hydrogens (tertiary/aromatic N) is 1.